The van der Waals surface area contributed by atoms with Gasteiger partial charge in [-0.25, -0.2) is 0 Å². The lowest BCUT2D eigenvalue weighted by atomic mass is 9.92. The molecule has 0 aliphatic rings. The van der Waals surface area contributed by atoms with E-state index in [1.165, 1.54) is 0 Å². The molecule has 0 fully saturated rings. The molecule has 0 saturated heterocycles. The van der Waals surface area contributed by atoms with Crippen LogP contribution in [0.5, 0.6) is 0 Å². The lowest BCUT2D eigenvalue weighted by Gasteiger charge is -2.14. The zero-order chi connectivity index (χ0) is 12.3. The van der Waals surface area contributed by atoms with Gasteiger partial charge in [0.1, 0.15) is 0 Å². The highest BCUT2D eigenvalue weighted by Crippen LogP contribution is 2.26. The smallest absolute Gasteiger partial charge is 0.216 e. The van der Waals surface area contributed by atoms with Crippen LogP contribution in [-0.2, 0) is 0 Å². The summed E-state index contributed by atoms with van der Waals surface area (Å²) < 4.78 is 0. The fraction of sp³-hybridized carbons (Fsp3) is 0.231. The van der Waals surface area contributed by atoms with Crippen molar-refractivity contribution in [2.45, 2.75) is 12.8 Å². The predicted molar refractivity (Wildman–Crippen MR) is 65.7 cm³/mol. The van der Waals surface area contributed by atoms with Crippen LogP contribution >= 0.6 is 0 Å². The number of nitrogens with zero attached hydrogens (tertiary/aromatic N) is 1. The van der Waals surface area contributed by atoms with Gasteiger partial charge in [-0.15, -0.1) is 0 Å². The number of H-pyrrole nitrogens is 1. The number of aromatic nitrogens is 1. The Morgan fingerprint density at radius 2 is 2.06 bits per heavy atom. The quantitative estimate of drug-likeness (QED) is 0.648. The number of nitrogens with one attached hydrogen (secondary N) is 1. The normalized spacial score (nSPS) is 12.3. The van der Waals surface area contributed by atoms with Gasteiger partial charge in [0.2, 0.25) is 6.54 Å². The van der Waals surface area contributed by atoms with E-state index in [0.717, 1.165) is 16.8 Å². The van der Waals surface area contributed by atoms with Crippen LogP contribution < -0.4 is 0 Å². The van der Waals surface area contributed by atoms with E-state index in [2.05, 4.69) is 4.98 Å². The molecule has 1 heterocycles. The summed E-state index contributed by atoms with van der Waals surface area (Å²) in [6.07, 6.45) is 1.79. The van der Waals surface area contributed by atoms with Gasteiger partial charge in [-0.05, 0) is 30.2 Å². The summed E-state index contributed by atoms with van der Waals surface area (Å²) >= 11 is 0. The largest absolute Gasteiger partial charge is 0.364 e. The molecule has 0 bridgehead atoms. The third-order valence-electron chi connectivity index (χ3n) is 2.89. The molecule has 1 unspecified atom stereocenters. The maximum absolute atomic E-state index is 10.8. The summed E-state index contributed by atoms with van der Waals surface area (Å²) in [5.41, 5.74) is 2.97. The summed E-state index contributed by atoms with van der Waals surface area (Å²) in [4.78, 5) is 13.6. The molecule has 17 heavy (non-hydrogen) atoms. The molecular weight excluding hydrogens is 216 g/mol. The maximum atomic E-state index is 10.8. The number of hydrogen-bond acceptors (Lipinski definition) is 2. The van der Waals surface area contributed by atoms with Crippen molar-refractivity contribution in [2.75, 3.05) is 6.54 Å². The first kappa shape index (κ1) is 11.4. The molecule has 1 aromatic heterocycles. The van der Waals surface area contributed by atoms with Crippen molar-refractivity contribution in [2.24, 2.45) is 0 Å². The highest BCUT2D eigenvalue weighted by molar-refractivity contribution is 5.35. The standard InChI is InChI=1S/C13H14N2O2/c1-10-5-2-3-6-11(10)12(9-15(16)17)13-7-4-8-14-13/h2-8,12,14H,9H2,1H3. The highest BCUT2D eigenvalue weighted by atomic mass is 16.6. The maximum Gasteiger partial charge on any atom is 0.216 e. The van der Waals surface area contributed by atoms with Crippen LogP contribution in [-0.4, -0.2) is 16.5 Å². The summed E-state index contributed by atoms with van der Waals surface area (Å²) in [5.74, 6) is -0.207. The van der Waals surface area contributed by atoms with Crippen molar-refractivity contribution in [1.82, 2.24) is 4.98 Å². The van der Waals surface area contributed by atoms with Gasteiger partial charge in [-0.3, -0.25) is 10.1 Å². The average molecular weight is 230 g/mol. The fourth-order valence-corrected chi connectivity index (χ4v) is 2.05. The van der Waals surface area contributed by atoms with Gasteiger partial charge >= 0.3 is 0 Å². The molecule has 88 valence electrons. The monoisotopic (exact) mass is 230 g/mol. The van der Waals surface area contributed by atoms with Crippen molar-refractivity contribution in [3.05, 3.63) is 69.5 Å². The van der Waals surface area contributed by atoms with Gasteiger partial charge in [0.05, 0.1) is 5.92 Å². The molecule has 0 radical (unpaired) electrons. The van der Waals surface area contributed by atoms with Crippen LogP contribution in [0, 0.1) is 17.0 Å². The Balaban J connectivity index is 2.41. The summed E-state index contributed by atoms with van der Waals surface area (Å²) in [6, 6.07) is 11.5. The Kier molecular flexibility index (Phi) is 3.23. The molecule has 0 amide bonds. The summed E-state index contributed by atoms with van der Waals surface area (Å²) in [7, 11) is 0. The number of aromatic amines is 1. The average Bonchev–Trinajstić information content (AvgIpc) is 2.80. The molecule has 2 rings (SSSR count). The second-order valence-electron chi connectivity index (χ2n) is 4.05. The van der Waals surface area contributed by atoms with Crippen LogP contribution in [0.15, 0.2) is 42.6 Å². The van der Waals surface area contributed by atoms with Gasteiger partial charge in [-0.2, -0.15) is 0 Å². The summed E-state index contributed by atoms with van der Waals surface area (Å²) in [6.45, 7) is 1.89. The van der Waals surface area contributed by atoms with Crippen molar-refractivity contribution in [3.8, 4) is 0 Å². The number of aryl methyl sites for hydroxylation is 1. The Morgan fingerprint density at radius 1 is 1.29 bits per heavy atom. The molecule has 0 spiro atoms. The minimum absolute atomic E-state index is 0.0919. The van der Waals surface area contributed by atoms with Gasteiger partial charge in [0, 0.05) is 16.8 Å². The van der Waals surface area contributed by atoms with Gasteiger partial charge in [0.25, 0.3) is 0 Å². The molecule has 0 aliphatic heterocycles. The van der Waals surface area contributed by atoms with E-state index in [-0.39, 0.29) is 17.4 Å². The van der Waals surface area contributed by atoms with Crippen LogP contribution in [0.2, 0.25) is 0 Å². The number of benzene rings is 1. The van der Waals surface area contributed by atoms with E-state index in [4.69, 9.17) is 0 Å². The zero-order valence-corrected chi connectivity index (χ0v) is 9.59. The first-order valence-electron chi connectivity index (χ1n) is 5.49. The third kappa shape index (κ3) is 2.53. The third-order valence-corrected chi connectivity index (χ3v) is 2.89. The minimum atomic E-state index is -0.266. The lowest BCUT2D eigenvalue weighted by molar-refractivity contribution is -0.482. The van der Waals surface area contributed by atoms with Crippen LogP contribution in [0.1, 0.15) is 22.7 Å². The van der Waals surface area contributed by atoms with E-state index in [1.807, 2.05) is 43.3 Å². The lowest BCUT2D eigenvalue weighted by Crippen LogP contribution is -2.15. The topological polar surface area (TPSA) is 58.9 Å². The van der Waals surface area contributed by atoms with E-state index in [1.54, 1.807) is 6.20 Å². The zero-order valence-electron chi connectivity index (χ0n) is 9.59. The molecule has 1 aromatic carbocycles. The van der Waals surface area contributed by atoms with E-state index >= 15 is 0 Å². The molecule has 0 aliphatic carbocycles. The molecule has 0 saturated carbocycles. The van der Waals surface area contributed by atoms with Crippen molar-refractivity contribution < 1.29 is 4.92 Å². The second-order valence-corrected chi connectivity index (χ2v) is 4.05. The molecule has 1 N–H and O–H groups in total. The number of rotatable bonds is 4. The summed E-state index contributed by atoms with van der Waals surface area (Å²) in [5, 5.41) is 10.8. The van der Waals surface area contributed by atoms with E-state index < -0.39 is 0 Å². The van der Waals surface area contributed by atoms with Crippen LogP contribution in [0.3, 0.4) is 0 Å². The van der Waals surface area contributed by atoms with Gasteiger partial charge in [0.15, 0.2) is 0 Å². The first-order chi connectivity index (χ1) is 8.18. The Labute approximate surface area is 99.4 Å². The molecule has 4 nitrogen and oxygen atoms in total. The Morgan fingerprint density at radius 3 is 2.65 bits per heavy atom. The van der Waals surface area contributed by atoms with Crippen molar-refractivity contribution in [3.63, 3.8) is 0 Å². The Bertz CT molecular complexity index is 506. The van der Waals surface area contributed by atoms with Crippen molar-refractivity contribution in [1.29, 1.82) is 0 Å². The fourth-order valence-electron chi connectivity index (χ4n) is 2.05. The van der Waals surface area contributed by atoms with Gasteiger partial charge < -0.3 is 4.98 Å². The molecule has 4 heteroatoms. The predicted octanol–water partition coefficient (Wildman–Crippen LogP) is 2.73. The number of hydrogen-bond donors (Lipinski definition) is 1. The molecule has 2 aromatic rings. The van der Waals surface area contributed by atoms with Gasteiger partial charge in [-0.1, -0.05) is 24.3 Å². The van der Waals surface area contributed by atoms with Crippen LogP contribution in [0.4, 0.5) is 0 Å². The number of nitro groups is 1. The SMILES string of the molecule is Cc1ccccc1C(C[N+](=O)[O-])c1ccc[nH]1. The van der Waals surface area contributed by atoms with Crippen molar-refractivity contribution >= 4 is 0 Å². The van der Waals surface area contributed by atoms with Crippen LogP contribution in [0.25, 0.3) is 0 Å². The highest BCUT2D eigenvalue weighted by Gasteiger charge is 2.22. The molecule has 1 atom stereocenters. The van der Waals surface area contributed by atoms with E-state index in [0.29, 0.717) is 0 Å². The first-order valence-corrected chi connectivity index (χ1v) is 5.49. The minimum Gasteiger partial charge on any atom is -0.364 e. The molecular formula is C13H14N2O2. The Hall–Kier alpha value is -2.10. The van der Waals surface area contributed by atoms with E-state index in [9.17, 15) is 10.1 Å². The second kappa shape index (κ2) is 4.82.